The Bertz CT molecular complexity index is 951. The van der Waals surface area contributed by atoms with Crippen LogP contribution in [0.3, 0.4) is 0 Å². The van der Waals surface area contributed by atoms with Crippen molar-refractivity contribution in [3.63, 3.8) is 0 Å². The largest absolute Gasteiger partial charge is 0.481 e. The number of thiophene rings is 1. The molecule has 0 aliphatic heterocycles. The minimum Gasteiger partial charge on any atom is -0.481 e. The normalized spacial score (nSPS) is 12.6. The van der Waals surface area contributed by atoms with E-state index in [0.717, 1.165) is 19.7 Å². The van der Waals surface area contributed by atoms with E-state index in [4.69, 9.17) is 16.3 Å². The number of rotatable bonds is 3. The number of aromatic nitrogens is 2. The standard InChI is InChI=1S/C16H14BrClN2O2S/c1-7-9(3)23-16-13(7)15(21)19-14(20-16)8(2)22-12-5-4-10(17)6-11(12)18/h4-6,8H,1-3H3,(H,19,20,21)/t8-/m1/s1. The number of H-pyrrole nitrogens is 1. The predicted molar refractivity (Wildman–Crippen MR) is 97.9 cm³/mol. The van der Waals surface area contributed by atoms with Crippen LogP contribution in [0.5, 0.6) is 5.75 Å². The Morgan fingerprint density at radius 1 is 1.39 bits per heavy atom. The van der Waals surface area contributed by atoms with E-state index in [1.807, 2.05) is 26.8 Å². The van der Waals surface area contributed by atoms with Gasteiger partial charge in [0.1, 0.15) is 10.6 Å². The average Bonchev–Trinajstić information content (AvgIpc) is 2.77. The van der Waals surface area contributed by atoms with Crippen LogP contribution < -0.4 is 10.3 Å². The lowest BCUT2D eigenvalue weighted by Crippen LogP contribution is -2.16. The summed E-state index contributed by atoms with van der Waals surface area (Å²) >= 11 is 11.0. The lowest BCUT2D eigenvalue weighted by atomic mass is 10.2. The molecule has 0 spiro atoms. The molecule has 1 N–H and O–H groups in total. The van der Waals surface area contributed by atoms with E-state index < -0.39 is 6.10 Å². The van der Waals surface area contributed by atoms with Gasteiger partial charge in [0, 0.05) is 9.35 Å². The van der Waals surface area contributed by atoms with Gasteiger partial charge in [-0.05, 0) is 44.5 Å². The lowest BCUT2D eigenvalue weighted by Gasteiger charge is -2.15. The fourth-order valence-corrected chi connectivity index (χ4v) is 4.04. The second-order valence-corrected chi connectivity index (χ2v) is 7.78. The van der Waals surface area contributed by atoms with E-state index >= 15 is 0 Å². The van der Waals surface area contributed by atoms with Crippen LogP contribution in [-0.4, -0.2) is 9.97 Å². The number of aromatic amines is 1. The number of fused-ring (bicyclic) bond motifs is 1. The van der Waals surface area contributed by atoms with Crippen molar-refractivity contribution < 1.29 is 4.74 Å². The number of hydrogen-bond acceptors (Lipinski definition) is 4. The Balaban J connectivity index is 1.98. The van der Waals surface area contributed by atoms with Crippen LogP contribution in [-0.2, 0) is 0 Å². The van der Waals surface area contributed by atoms with Gasteiger partial charge in [0.2, 0.25) is 0 Å². The first-order valence-corrected chi connectivity index (χ1v) is 8.97. The van der Waals surface area contributed by atoms with Gasteiger partial charge in [0.15, 0.2) is 11.9 Å². The molecule has 1 atom stereocenters. The topological polar surface area (TPSA) is 55.0 Å². The summed E-state index contributed by atoms with van der Waals surface area (Å²) in [7, 11) is 0. The summed E-state index contributed by atoms with van der Waals surface area (Å²) < 4.78 is 6.72. The van der Waals surface area contributed by atoms with E-state index in [1.54, 1.807) is 12.1 Å². The third-order valence-electron chi connectivity index (χ3n) is 3.64. The quantitative estimate of drug-likeness (QED) is 0.645. The number of nitrogens with zero attached hydrogens (tertiary/aromatic N) is 1. The second kappa shape index (κ2) is 6.26. The molecule has 0 radical (unpaired) electrons. The van der Waals surface area contributed by atoms with Gasteiger partial charge < -0.3 is 9.72 Å². The van der Waals surface area contributed by atoms with Gasteiger partial charge in [-0.3, -0.25) is 4.79 Å². The molecule has 0 unspecified atom stereocenters. The molecule has 0 aliphatic rings. The highest BCUT2D eigenvalue weighted by atomic mass is 79.9. The van der Waals surface area contributed by atoms with Gasteiger partial charge in [-0.15, -0.1) is 11.3 Å². The Labute approximate surface area is 150 Å². The molecular formula is C16H14BrClN2O2S. The summed E-state index contributed by atoms with van der Waals surface area (Å²) in [5.74, 6) is 1.03. The first kappa shape index (κ1) is 16.5. The van der Waals surface area contributed by atoms with Crippen molar-refractivity contribution in [1.82, 2.24) is 9.97 Å². The third kappa shape index (κ3) is 3.16. The number of halogens is 2. The van der Waals surface area contributed by atoms with Crippen molar-refractivity contribution in [1.29, 1.82) is 0 Å². The first-order chi connectivity index (χ1) is 10.9. The van der Waals surface area contributed by atoms with E-state index in [1.165, 1.54) is 11.3 Å². The molecule has 0 saturated carbocycles. The van der Waals surface area contributed by atoms with E-state index in [9.17, 15) is 4.79 Å². The van der Waals surface area contributed by atoms with Crippen LogP contribution in [0.15, 0.2) is 27.5 Å². The molecular weight excluding hydrogens is 400 g/mol. The Morgan fingerprint density at radius 3 is 2.83 bits per heavy atom. The van der Waals surface area contributed by atoms with Crippen LogP contribution in [0.4, 0.5) is 0 Å². The third-order valence-corrected chi connectivity index (χ3v) is 5.53. The van der Waals surface area contributed by atoms with Crippen molar-refractivity contribution in [3.8, 4) is 5.75 Å². The zero-order valence-electron chi connectivity index (χ0n) is 12.7. The van der Waals surface area contributed by atoms with Crippen molar-refractivity contribution >= 4 is 49.1 Å². The summed E-state index contributed by atoms with van der Waals surface area (Å²) in [6.45, 7) is 5.75. The van der Waals surface area contributed by atoms with E-state index in [2.05, 4.69) is 25.9 Å². The van der Waals surface area contributed by atoms with Crippen molar-refractivity contribution in [2.45, 2.75) is 26.9 Å². The number of aryl methyl sites for hydroxylation is 2. The molecule has 120 valence electrons. The number of nitrogens with one attached hydrogen (secondary N) is 1. The molecule has 3 rings (SSSR count). The van der Waals surface area contributed by atoms with Gasteiger partial charge in [0.05, 0.1) is 10.4 Å². The molecule has 4 nitrogen and oxygen atoms in total. The van der Waals surface area contributed by atoms with E-state index in [0.29, 0.717) is 22.0 Å². The van der Waals surface area contributed by atoms with Gasteiger partial charge in [-0.1, -0.05) is 27.5 Å². The smallest absolute Gasteiger partial charge is 0.260 e. The monoisotopic (exact) mass is 412 g/mol. The number of ether oxygens (including phenoxy) is 1. The maximum atomic E-state index is 12.3. The molecule has 0 fully saturated rings. The minimum atomic E-state index is -0.423. The predicted octanol–water partition coefficient (Wildman–Crippen LogP) is 5.16. The van der Waals surface area contributed by atoms with Gasteiger partial charge in [-0.2, -0.15) is 0 Å². The Kier molecular flexibility index (Phi) is 4.49. The molecule has 2 heterocycles. The molecule has 7 heteroatoms. The molecule has 3 aromatic rings. The summed E-state index contributed by atoms with van der Waals surface area (Å²) in [6, 6.07) is 5.38. The molecule has 0 saturated heterocycles. The van der Waals surface area contributed by atoms with Crippen LogP contribution >= 0.6 is 38.9 Å². The summed E-state index contributed by atoms with van der Waals surface area (Å²) in [4.78, 5) is 21.5. The van der Waals surface area contributed by atoms with Gasteiger partial charge in [-0.25, -0.2) is 4.98 Å². The van der Waals surface area contributed by atoms with E-state index in [-0.39, 0.29) is 5.56 Å². The second-order valence-electron chi connectivity index (χ2n) is 5.25. The highest BCUT2D eigenvalue weighted by Gasteiger charge is 2.17. The van der Waals surface area contributed by atoms with Gasteiger partial charge in [0.25, 0.3) is 5.56 Å². The maximum Gasteiger partial charge on any atom is 0.260 e. The lowest BCUT2D eigenvalue weighted by molar-refractivity contribution is 0.217. The highest BCUT2D eigenvalue weighted by Crippen LogP contribution is 2.31. The van der Waals surface area contributed by atoms with Crippen molar-refractivity contribution in [2.24, 2.45) is 0 Å². The molecule has 0 aliphatic carbocycles. The molecule has 23 heavy (non-hydrogen) atoms. The SMILES string of the molecule is Cc1sc2nc([C@@H](C)Oc3ccc(Br)cc3Cl)[nH]c(=O)c2c1C. The summed E-state index contributed by atoms with van der Waals surface area (Å²) in [6.07, 6.45) is -0.423. The van der Waals surface area contributed by atoms with Crippen LogP contribution in [0.2, 0.25) is 5.02 Å². The molecule has 2 aromatic heterocycles. The summed E-state index contributed by atoms with van der Waals surface area (Å²) in [5.41, 5.74) is 0.846. The number of hydrogen-bond donors (Lipinski definition) is 1. The molecule has 1 aromatic carbocycles. The maximum absolute atomic E-state index is 12.3. The molecule has 0 amide bonds. The van der Waals surface area contributed by atoms with Crippen LogP contribution in [0, 0.1) is 13.8 Å². The van der Waals surface area contributed by atoms with Gasteiger partial charge >= 0.3 is 0 Å². The van der Waals surface area contributed by atoms with Crippen LogP contribution in [0.1, 0.15) is 29.3 Å². The zero-order valence-corrected chi connectivity index (χ0v) is 15.9. The van der Waals surface area contributed by atoms with Crippen molar-refractivity contribution in [2.75, 3.05) is 0 Å². The average molecular weight is 414 g/mol. The van der Waals surface area contributed by atoms with Crippen LogP contribution in [0.25, 0.3) is 10.2 Å². The Morgan fingerprint density at radius 2 is 2.13 bits per heavy atom. The summed E-state index contributed by atoms with van der Waals surface area (Å²) in [5, 5.41) is 1.16. The Hall–Kier alpha value is -1.37. The fraction of sp³-hybridized carbons (Fsp3) is 0.250. The minimum absolute atomic E-state index is 0.135. The molecule has 0 bridgehead atoms. The zero-order chi connectivity index (χ0) is 16.7. The number of benzene rings is 1. The highest BCUT2D eigenvalue weighted by molar-refractivity contribution is 9.10. The fourth-order valence-electron chi connectivity index (χ4n) is 2.28. The first-order valence-electron chi connectivity index (χ1n) is 6.98. The van der Waals surface area contributed by atoms with Crippen molar-refractivity contribution in [3.05, 3.63) is 54.3 Å².